The number of hydrogen-bond acceptors (Lipinski definition) is 5. The van der Waals surface area contributed by atoms with Crippen molar-refractivity contribution in [2.24, 2.45) is 0 Å². The van der Waals surface area contributed by atoms with Crippen molar-refractivity contribution in [3.05, 3.63) is 51.9 Å². The molecule has 0 aromatic carbocycles. The number of H-pyrrole nitrogens is 1. The van der Waals surface area contributed by atoms with E-state index in [0.29, 0.717) is 36.6 Å². The van der Waals surface area contributed by atoms with E-state index in [1.54, 1.807) is 29.3 Å². The number of fused-ring (bicyclic) bond motifs is 1. The number of piperidine rings is 1. The molecule has 0 aliphatic carbocycles. The van der Waals surface area contributed by atoms with Gasteiger partial charge in [0.1, 0.15) is 5.76 Å². The molecule has 0 unspecified atom stereocenters. The number of aromatic amines is 1. The highest BCUT2D eigenvalue weighted by Crippen LogP contribution is 2.27. The van der Waals surface area contributed by atoms with E-state index in [1.807, 2.05) is 6.92 Å². The maximum Gasteiger partial charge on any atom is 0.276 e. The summed E-state index contributed by atoms with van der Waals surface area (Å²) in [7, 11) is 0. The number of carbonyl (C=O) groups is 1. The number of hydrogen-bond donors (Lipinski definition) is 1. The normalized spacial score (nSPS) is 15.8. The summed E-state index contributed by atoms with van der Waals surface area (Å²) in [6.07, 6.45) is 3.96. The number of likely N-dealkylation sites (tertiary alicyclic amines) is 1. The number of carbonyl (C=O) groups excluding carboxylic acids is 1. The highest BCUT2D eigenvalue weighted by molar-refractivity contribution is 5.92. The molecule has 1 N–H and O–H groups in total. The first-order chi connectivity index (χ1) is 12.2. The van der Waals surface area contributed by atoms with Gasteiger partial charge in [0, 0.05) is 49.8 Å². The summed E-state index contributed by atoms with van der Waals surface area (Å²) in [5.41, 5.74) is 1.67. The lowest BCUT2D eigenvalue weighted by Gasteiger charge is -2.31. The van der Waals surface area contributed by atoms with Gasteiger partial charge < -0.3 is 9.42 Å². The lowest BCUT2D eigenvalue weighted by atomic mass is 9.93. The summed E-state index contributed by atoms with van der Waals surface area (Å²) in [5, 5.41) is 6.69. The van der Waals surface area contributed by atoms with Crippen LogP contribution in [0.15, 0.2) is 33.7 Å². The van der Waals surface area contributed by atoms with Crippen molar-refractivity contribution in [2.45, 2.75) is 32.1 Å². The largest absolute Gasteiger partial charge is 0.361 e. The van der Waals surface area contributed by atoms with Gasteiger partial charge in [0.25, 0.3) is 11.5 Å². The molecule has 1 aliphatic rings. The van der Waals surface area contributed by atoms with Crippen LogP contribution >= 0.6 is 0 Å². The molecule has 0 radical (unpaired) electrons. The van der Waals surface area contributed by atoms with Crippen molar-refractivity contribution < 1.29 is 9.32 Å². The Morgan fingerprint density at radius 1 is 1.36 bits per heavy atom. The summed E-state index contributed by atoms with van der Waals surface area (Å²) in [6.45, 7) is 3.19. The highest BCUT2D eigenvalue weighted by Gasteiger charge is 2.27. The summed E-state index contributed by atoms with van der Waals surface area (Å²) in [4.78, 5) is 30.9. The first-order valence-corrected chi connectivity index (χ1v) is 8.47. The van der Waals surface area contributed by atoms with Crippen LogP contribution in [0, 0.1) is 0 Å². The second-order valence-corrected chi connectivity index (χ2v) is 6.27. The van der Waals surface area contributed by atoms with Crippen molar-refractivity contribution in [1.29, 1.82) is 0 Å². The standard InChI is InChI=1S/C17H19N5O3/c1-2-12-9-14(20-25-12)17(24)21-7-4-11(5-8-21)13-10-16(23)22-15(19-13)3-6-18-22/h3,6,9-11,18H,2,4-5,7-8H2,1H3. The third-order valence-electron chi connectivity index (χ3n) is 4.73. The lowest BCUT2D eigenvalue weighted by molar-refractivity contribution is 0.0701. The summed E-state index contributed by atoms with van der Waals surface area (Å²) >= 11 is 0. The number of aromatic nitrogens is 4. The SMILES string of the molecule is CCc1cc(C(=O)N2CCC(c3cc(=O)n4[nH]ccc4n3)CC2)no1. The smallest absolute Gasteiger partial charge is 0.276 e. The van der Waals surface area contributed by atoms with E-state index in [1.165, 1.54) is 4.52 Å². The Hall–Kier alpha value is -2.90. The van der Waals surface area contributed by atoms with Gasteiger partial charge in [-0.1, -0.05) is 12.1 Å². The van der Waals surface area contributed by atoms with Crippen LogP contribution in [-0.2, 0) is 6.42 Å². The summed E-state index contributed by atoms with van der Waals surface area (Å²) in [6, 6.07) is 5.06. The zero-order valence-electron chi connectivity index (χ0n) is 13.9. The van der Waals surface area contributed by atoms with E-state index in [2.05, 4.69) is 15.2 Å². The second-order valence-electron chi connectivity index (χ2n) is 6.27. The van der Waals surface area contributed by atoms with Crippen molar-refractivity contribution in [1.82, 2.24) is 24.7 Å². The first-order valence-electron chi connectivity index (χ1n) is 8.47. The molecule has 4 rings (SSSR count). The quantitative estimate of drug-likeness (QED) is 0.780. The van der Waals surface area contributed by atoms with Gasteiger partial charge in [-0.2, -0.15) is 0 Å². The minimum absolute atomic E-state index is 0.101. The molecule has 1 fully saturated rings. The number of aryl methyl sites for hydroxylation is 1. The molecule has 8 nitrogen and oxygen atoms in total. The van der Waals surface area contributed by atoms with E-state index < -0.39 is 0 Å². The molecule has 1 aliphatic heterocycles. The van der Waals surface area contributed by atoms with Crippen LogP contribution in [0.3, 0.4) is 0 Å². The van der Waals surface area contributed by atoms with Crippen LogP contribution in [0.25, 0.3) is 5.65 Å². The zero-order valence-corrected chi connectivity index (χ0v) is 13.9. The molecule has 0 spiro atoms. The Bertz CT molecular complexity index is 962. The monoisotopic (exact) mass is 341 g/mol. The first kappa shape index (κ1) is 15.6. The molecule has 25 heavy (non-hydrogen) atoms. The topological polar surface area (TPSA) is 96.5 Å². The molecule has 130 valence electrons. The van der Waals surface area contributed by atoms with Gasteiger partial charge in [-0.15, -0.1) is 0 Å². The molecule has 1 amide bonds. The fraction of sp³-hybridized carbons (Fsp3) is 0.412. The molecule has 3 aromatic heterocycles. The average molecular weight is 341 g/mol. The zero-order chi connectivity index (χ0) is 17.4. The molecule has 0 saturated carbocycles. The van der Waals surface area contributed by atoms with Crippen LogP contribution in [-0.4, -0.2) is 43.7 Å². The van der Waals surface area contributed by atoms with Crippen LogP contribution in [0.5, 0.6) is 0 Å². The molecule has 0 bridgehead atoms. The van der Waals surface area contributed by atoms with Gasteiger partial charge in [-0.3, -0.25) is 14.7 Å². The fourth-order valence-electron chi connectivity index (χ4n) is 3.28. The third-order valence-corrected chi connectivity index (χ3v) is 4.73. The average Bonchev–Trinajstić information content (AvgIpc) is 3.30. The molecule has 1 saturated heterocycles. The van der Waals surface area contributed by atoms with E-state index in [-0.39, 0.29) is 17.4 Å². The van der Waals surface area contributed by atoms with Crippen LogP contribution in [0.1, 0.15) is 47.6 Å². The third kappa shape index (κ3) is 2.84. The second kappa shape index (κ2) is 6.19. The lowest BCUT2D eigenvalue weighted by Crippen LogP contribution is -2.38. The van der Waals surface area contributed by atoms with E-state index in [4.69, 9.17) is 4.52 Å². The molecular weight excluding hydrogens is 322 g/mol. The maximum atomic E-state index is 12.5. The van der Waals surface area contributed by atoms with Crippen molar-refractivity contribution in [3.8, 4) is 0 Å². The van der Waals surface area contributed by atoms with Crippen LogP contribution in [0.2, 0.25) is 0 Å². The van der Waals surface area contributed by atoms with Gasteiger partial charge in [-0.05, 0) is 12.8 Å². The Morgan fingerprint density at radius 3 is 2.88 bits per heavy atom. The highest BCUT2D eigenvalue weighted by atomic mass is 16.5. The number of nitrogens with one attached hydrogen (secondary N) is 1. The fourth-order valence-corrected chi connectivity index (χ4v) is 3.28. The number of rotatable bonds is 3. The van der Waals surface area contributed by atoms with Crippen LogP contribution in [0.4, 0.5) is 0 Å². The number of nitrogens with zero attached hydrogens (tertiary/aromatic N) is 4. The molecular formula is C17H19N5O3. The van der Waals surface area contributed by atoms with Crippen molar-refractivity contribution >= 4 is 11.6 Å². The van der Waals surface area contributed by atoms with E-state index >= 15 is 0 Å². The molecule has 3 aromatic rings. The van der Waals surface area contributed by atoms with Gasteiger partial charge >= 0.3 is 0 Å². The van der Waals surface area contributed by atoms with Crippen molar-refractivity contribution in [3.63, 3.8) is 0 Å². The van der Waals surface area contributed by atoms with Crippen LogP contribution < -0.4 is 5.56 Å². The minimum Gasteiger partial charge on any atom is -0.361 e. The van der Waals surface area contributed by atoms with Gasteiger partial charge in [-0.25, -0.2) is 9.50 Å². The molecule has 8 heteroatoms. The summed E-state index contributed by atoms with van der Waals surface area (Å²) in [5.74, 6) is 0.791. The minimum atomic E-state index is -0.113. The van der Waals surface area contributed by atoms with E-state index in [0.717, 1.165) is 18.5 Å². The molecule has 4 heterocycles. The Balaban J connectivity index is 1.47. The predicted octanol–water partition coefficient (Wildman–Crippen LogP) is 1.59. The van der Waals surface area contributed by atoms with Gasteiger partial charge in [0.05, 0.1) is 5.69 Å². The summed E-state index contributed by atoms with van der Waals surface area (Å²) < 4.78 is 6.53. The Kier molecular flexibility index (Phi) is 3.87. The Morgan fingerprint density at radius 2 is 2.16 bits per heavy atom. The number of amides is 1. The van der Waals surface area contributed by atoms with Crippen molar-refractivity contribution in [2.75, 3.05) is 13.1 Å². The Labute approximate surface area is 143 Å². The van der Waals surface area contributed by atoms with Gasteiger partial charge in [0.2, 0.25) is 0 Å². The predicted molar refractivity (Wildman–Crippen MR) is 89.6 cm³/mol. The van der Waals surface area contributed by atoms with E-state index in [9.17, 15) is 9.59 Å². The molecule has 0 atom stereocenters. The maximum absolute atomic E-state index is 12.5. The van der Waals surface area contributed by atoms with Gasteiger partial charge in [0.15, 0.2) is 11.3 Å².